The molecule has 150 valence electrons. The number of hydrogen-bond donors (Lipinski definition) is 5. The Morgan fingerprint density at radius 3 is 2.61 bits per heavy atom. The number of amidine groups is 1. The third-order valence-corrected chi connectivity index (χ3v) is 5.26. The number of anilines is 2. The van der Waals surface area contributed by atoms with Crippen LogP contribution in [0.15, 0.2) is 36.7 Å². The number of nitrogens with one attached hydrogen (secondary N) is 2. The summed E-state index contributed by atoms with van der Waals surface area (Å²) >= 11 is 0. The smallest absolute Gasteiger partial charge is 0.165 e. The summed E-state index contributed by atoms with van der Waals surface area (Å²) in [7, 11) is 0. The molecule has 2 aromatic rings. The van der Waals surface area contributed by atoms with Crippen LogP contribution >= 0.6 is 0 Å². The van der Waals surface area contributed by atoms with E-state index in [-0.39, 0.29) is 12.0 Å². The zero-order chi connectivity index (χ0) is 19.8. The molecule has 5 N–H and O–H groups in total. The number of ether oxygens (including phenoxy) is 1. The van der Waals surface area contributed by atoms with Crippen molar-refractivity contribution in [3.8, 4) is 0 Å². The van der Waals surface area contributed by atoms with E-state index in [2.05, 4.69) is 17.2 Å². The minimum atomic E-state index is -1.21. The molecule has 0 spiro atoms. The highest BCUT2D eigenvalue weighted by molar-refractivity contribution is 6.11. The Hall–Kier alpha value is -2.46. The van der Waals surface area contributed by atoms with Crippen molar-refractivity contribution in [1.29, 1.82) is 5.41 Å². The van der Waals surface area contributed by atoms with E-state index < -0.39 is 31.1 Å². The van der Waals surface area contributed by atoms with Gasteiger partial charge in [0.05, 0.1) is 12.9 Å². The molecule has 5 atom stereocenters. The summed E-state index contributed by atoms with van der Waals surface area (Å²) in [4.78, 5) is 6.27. The van der Waals surface area contributed by atoms with Gasteiger partial charge in [-0.25, -0.2) is 4.98 Å². The summed E-state index contributed by atoms with van der Waals surface area (Å²) in [5, 5.41) is 41.9. The van der Waals surface area contributed by atoms with Gasteiger partial charge in [-0.1, -0.05) is 31.5 Å². The number of fused-ring (bicyclic) bond motifs is 1. The molecule has 4 rings (SSSR count). The second-order valence-corrected chi connectivity index (χ2v) is 7.08. The normalized spacial score (nSPS) is 29.6. The molecule has 0 saturated carbocycles. The van der Waals surface area contributed by atoms with Crippen molar-refractivity contribution in [2.45, 2.75) is 50.5 Å². The van der Waals surface area contributed by atoms with Crippen LogP contribution in [0, 0.1) is 5.41 Å². The van der Waals surface area contributed by atoms with E-state index in [4.69, 9.17) is 10.1 Å². The number of benzene rings is 1. The Morgan fingerprint density at radius 1 is 1.21 bits per heavy atom. The minimum absolute atomic E-state index is 0.167. The molecule has 0 bridgehead atoms. The van der Waals surface area contributed by atoms with Gasteiger partial charge in [-0.15, -0.1) is 0 Å². The highest BCUT2D eigenvalue weighted by atomic mass is 16.6. The molecule has 9 nitrogen and oxygen atoms in total. The minimum Gasteiger partial charge on any atom is -0.394 e. The van der Waals surface area contributed by atoms with E-state index >= 15 is 0 Å². The molecule has 0 aliphatic carbocycles. The molecule has 9 heteroatoms. The van der Waals surface area contributed by atoms with Gasteiger partial charge < -0.3 is 30.3 Å². The summed E-state index contributed by atoms with van der Waals surface area (Å²) in [5.41, 5.74) is 1.33. The first-order chi connectivity index (χ1) is 13.6. The molecule has 1 unspecified atom stereocenters. The van der Waals surface area contributed by atoms with Crippen LogP contribution in [-0.2, 0) is 4.74 Å². The van der Waals surface area contributed by atoms with Gasteiger partial charge in [0.2, 0.25) is 0 Å². The quantitative estimate of drug-likeness (QED) is 0.515. The molecule has 0 amide bonds. The van der Waals surface area contributed by atoms with Crippen LogP contribution in [0.4, 0.5) is 11.5 Å². The molecule has 1 aromatic carbocycles. The predicted molar refractivity (Wildman–Crippen MR) is 103 cm³/mol. The number of rotatable bonds is 5. The van der Waals surface area contributed by atoms with E-state index in [1.54, 1.807) is 4.57 Å². The maximum absolute atomic E-state index is 10.4. The van der Waals surface area contributed by atoms with Crippen molar-refractivity contribution in [3.63, 3.8) is 0 Å². The number of para-hydroxylation sites is 1. The number of aliphatic hydroxyl groups excluding tert-OH is 3. The van der Waals surface area contributed by atoms with Crippen LogP contribution in [-0.4, -0.2) is 61.8 Å². The van der Waals surface area contributed by atoms with Gasteiger partial charge in [0.1, 0.15) is 36.0 Å². The lowest BCUT2D eigenvalue weighted by Crippen LogP contribution is -2.49. The number of aliphatic hydroxyl groups is 3. The Bertz CT molecular complexity index is 842. The largest absolute Gasteiger partial charge is 0.394 e. The fraction of sp³-hybridized carbons (Fsp3) is 0.474. The van der Waals surface area contributed by atoms with Gasteiger partial charge in [0.25, 0.3) is 0 Å². The van der Waals surface area contributed by atoms with Gasteiger partial charge in [0, 0.05) is 5.69 Å². The average Bonchev–Trinajstić information content (AvgIpc) is 3.24. The molecule has 1 fully saturated rings. The SMILES string of the molecule is CCCC1Nc2c(ncn2[C@@H]2O[C@H](CO)[C@@H](O)[C@H]2O)C(=N)N1c1ccccc1. The van der Waals surface area contributed by atoms with Gasteiger partial charge >= 0.3 is 0 Å². The first-order valence-corrected chi connectivity index (χ1v) is 9.45. The topological polar surface area (TPSA) is 127 Å². The van der Waals surface area contributed by atoms with Gasteiger partial charge in [-0.3, -0.25) is 9.98 Å². The fourth-order valence-corrected chi connectivity index (χ4v) is 3.84. The average molecular weight is 387 g/mol. The first kappa shape index (κ1) is 18.9. The van der Waals surface area contributed by atoms with Gasteiger partial charge in [-0.2, -0.15) is 0 Å². The highest BCUT2D eigenvalue weighted by Crippen LogP contribution is 2.36. The molecule has 2 aliphatic heterocycles. The van der Waals surface area contributed by atoms with Crippen molar-refractivity contribution in [2.75, 3.05) is 16.8 Å². The molecule has 2 aliphatic rings. The van der Waals surface area contributed by atoms with Crippen LogP contribution in [0.1, 0.15) is 31.7 Å². The fourth-order valence-electron chi connectivity index (χ4n) is 3.84. The van der Waals surface area contributed by atoms with Crippen LogP contribution in [0.2, 0.25) is 0 Å². The van der Waals surface area contributed by atoms with E-state index in [1.807, 2.05) is 35.2 Å². The maximum atomic E-state index is 10.4. The second kappa shape index (κ2) is 7.51. The predicted octanol–water partition coefficient (Wildman–Crippen LogP) is 0.878. The van der Waals surface area contributed by atoms with Crippen molar-refractivity contribution in [1.82, 2.24) is 9.55 Å². The third kappa shape index (κ3) is 2.96. The van der Waals surface area contributed by atoms with E-state index in [9.17, 15) is 15.3 Å². The second-order valence-electron chi connectivity index (χ2n) is 7.08. The summed E-state index contributed by atoms with van der Waals surface area (Å²) in [6, 6.07) is 9.69. The zero-order valence-electron chi connectivity index (χ0n) is 15.6. The summed E-state index contributed by atoms with van der Waals surface area (Å²) in [6.07, 6.45) is -1.14. The summed E-state index contributed by atoms with van der Waals surface area (Å²) in [5.74, 6) is 0.814. The molecular formula is C19H25N5O4. The lowest BCUT2D eigenvalue weighted by Gasteiger charge is -2.39. The van der Waals surface area contributed by atoms with E-state index in [0.29, 0.717) is 11.5 Å². The number of hydrogen-bond acceptors (Lipinski definition) is 7. The Balaban J connectivity index is 1.71. The molecule has 3 heterocycles. The summed E-state index contributed by atoms with van der Waals surface area (Å²) in [6.45, 7) is 1.68. The zero-order valence-corrected chi connectivity index (χ0v) is 15.6. The molecule has 1 aromatic heterocycles. The van der Waals surface area contributed by atoms with Crippen molar-refractivity contribution < 1.29 is 20.1 Å². The number of aromatic nitrogens is 2. The van der Waals surface area contributed by atoms with E-state index in [0.717, 1.165) is 18.5 Å². The van der Waals surface area contributed by atoms with Crippen LogP contribution in [0.25, 0.3) is 0 Å². The maximum Gasteiger partial charge on any atom is 0.165 e. The first-order valence-electron chi connectivity index (χ1n) is 9.45. The van der Waals surface area contributed by atoms with Crippen LogP contribution in [0.3, 0.4) is 0 Å². The van der Waals surface area contributed by atoms with E-state index in [1.165, 1.54) is 6.33 Å². The van der Waals surface area contributed by atoms with Crippen LogP contribution in [0.5, 0.6) is 0 Å². The Morgan fingerprint density at radius 2 is 1.96 bits per heavy atom. The number of nitrogens with zero attached hydrogens (tertiary/aromatic N) is 3. The number of imidazole rings is 1. The molecular weight excluding hydrogens is 362 g/mol. The van der Waals surface area contributed by atoms with Crippen LogP contribution < -0.4 is 10.2 Å². The lowest BCUT2D eigenvalue weighted by atomic mass is 10.1. The standard InChI is InChI=1S/C19H25N5O4/c1-2-6-13-22-18-14(17(20)24(13)11-7-4-3-5-8-11)21-10-23(18)19-16(27)15(26)12(9-25)28-19/h3-5,7-8,10,12-13,15-16,19-20,22,25-27H,2,6,9H2,1H3/t12-,13?,15-,16-,19-/m1/s1. The monoisotopic (exact) mass is 387 g/mol. The van der Waals surface area contributed by atoms with Gasteiger partial charge in [-0.05, 0) is 18.6 Å². The third-order valence-electron chi connectivity index (χ3n) is 5.26. The summed E-state index contributed by atoms with van der Waals surface area (Å²) < 4.78 is 7.23. The Kier molecular flexibility index (Phi) is 5.07. The van der Waals surface area contributed by atoms with Gasteiger partial charge in [0.15, 0.2) is 12.1 Å². The molecule has 0 radical (unpaired) electrons. The molecule has 1 saturated heterocycles. The molecule has 28 heavy (non-hydrogen) atoms. The van der Waals surface area contributed by atoms with Crippen molar-refractivity contribution in [2.24, 2.45) is 0 Å². The lowest BCUT2D eigenvalue weighted by molar-refractivity contribution is -0.0519. The van der Waals surface area contributed by atoms with Crippen molar-refractivity contribution in [3.05, 3.63) is 42.4 Å². The Labute approximate surface area is 162 Å². The highest BCUT2D eigenvalue weighted by Gasteiger charge is 2.45. The van der Waals surface area contributed by atoms with Crippen molar-refractivity contribution >= 4 is 17.3 Å².